The van der Waals surface area contributed by atoms with Gasteiger partial charge in [0.1, 0.15) is 5.01 Å². The largest absolute Gasteiger partial charge is 0.344 e. The van der Waals surface area contributed by atoms with Gasteiger partial charge >= 0.3 is 0 Å². The van der Waals surface area contributed by atoms with E-state index in [9.17, 15) is 0 Å². The molecule has 1 fully saturated rings. The minimum absolute atomic E-state index is 0.489. The Hall–Kier alpha value is -0.680. The first kappa shape index (κ1) is 11.8. The molecule has 0 bridgehead atoms. The van der Waals surface area contributed by atoms with Crippen LogP contribution in [0.4, 0.5) is 5.13 Å². The fraction of sp³-hybridized carbons (Fsp3) is 0.818. The van der Waals surface area contributed by atoms with Gasteiger partial charge in [-0.3, -0.25) is 0 Å². The second-order valence-electron chi connectivity index (χ2n) is 4.50. The maximum Gasteiger partial charge on any atom is 0.208 e. The molecule has 1 aliphatic heterocycles. The van der Waals surface area contributed by atoms with Gasteiger partial charge < -0.3 is 9.80 Å². The maximum absolute atomic E-state index is 4.29. The fourth-order valence-electron chi connectivity index (χ4n) is 1.84. The Morgan fingerprint density at radius 3 is 2.38 bits per heavy atom. The Morgan fingerprint density at radius 1 is 1.19 bits per heavy atom. The highest BCUT2D eigenvalue weighted by atomic mass is 32.1. The average Bonchev–Trinajstić information content (AvgIpc) is 2.78. The third kappa shape index (κ3) is 2.52. The molecule has 0 radical (unpaired) electrons. The van der Waals surface area contributed by atoms with E-state index in [0.717, 1.165) is 42.9 Å². The maximum atomic E-state index is 4.29. The third-order valence-electron chi connectivity index (χ3n) is 3.01. The van der Waals surface area contributed by atoms with E-state index in [4.69, 9.17) is 0 Å². The first-order valence-corrected chi connectivity index (χ1v) is 6.83. The van der Waals surface area contributed by atoms with Crippen molar-refractivity contribution >= 4 is 16.5 Å². The summed E-state index contributed by atoms with van der Waals surface area (Å²) in [7, 11) is 0. The summed E-state index contributed by atoms with van der Waals surface area (Å²) in [6, 6.07) is 0. The van der Waals surface area contributed by atoms with Gasteiger partial charge in [0.2, 0.25) is 5.13 Å². The van der Waals surface area contributed by atoms with Gasteiger partial charge in [0.25, 0.3) is 0 Å². The number of piperazine rings is 1. The molecule has 1 aromatic rings. The lowest BCUT2D eigenvalue weighted by atomic mass is 10.2. The van der Waals surface area contributed by atoms with Crippen molar-refractivity contribution in [1.29, 1.82) is 0 Å². The van der Waals surface area contributed by atoms with Crippen LogP contribution in [-0.2, 0) is 0 Å². The molecule has 0 atom stereocenters. The third-order valence-corrected chi connectivity index (χ3v) is 4.30. The topological polar surface area (TPSA) is 32.3 Å². The van der Waals surface area contributed by atoms with E-state index in [1.165, 1.54) is 0 Å². The van der Waals surface area contributed by atoms with E-state index >= 15 is 0 Å². The van der Waals surface area contributed by atoms with Crippen molar-refractivity contribution < 1.29 is 0 Å². The van der Waals surface area contributed by atoms with Gasteiger partial charge in [0, 0.05) is 32.1 Å². The molecular weight excluding hydrogens is 220 g/mol. The molecule has 0 N–H and O–H groups in total. The van der Waals surface area contributed by atoms with Gasteiger partial charge in [0.15, 0.2) is 0 Å². The van der Waals surface area contributed by atoms with Crippen LogP contribution in [0, 0.1) is 0 Å². The van der Waals surface area contributed by atoms with Crippen LogP contribution >= 0.6 is 11.3 Å². The smallest absolute Gasteiger partial charge is 0.208 e. The lowest BCUT2D eigenvalue weighted by Crippen LogP contribution is -2.46. The van der Waals surface area contributed by atoms with Crippen molar-refractivity contribution in [1.82, 2.24) is 15.1 Å². The first-order valence-electron chi connectivity index (χ1n) is 6.01. The normalized spacial score (nSPS) is 18.4. The minimum Gasteiger partial charge on any atom is -0.344 e. The van der Waals surface area contributed by atoms with E-state index < -0.39 is 0 Å². The van der Waals surface area contributed by atoms with Crippen LogP contribution < -0.4 is 4.90 Å². The van der Waals surface area contributed by atoms with Crippen LogP contribution in [-0.4, -0.2) is 47.8 Å². The molecule has 0 unspecified atom stereocenters. The van der Waals surface area contributed by atoms with Gasteiger partial charge in [-0.2, -0.15) is 0 Å². The molecule has 90 valence electrons. The summed E-state index contributed by atoms with van der Waals surface area (Å²) < 4.78 is 0. The number of rotatable bonds is 3. The number of aromatic nitrogens is 2. The second-order valence-corrected chi connectivity index (χ2v) is 5.49. The quantitative estimate of drug-likeness (QED) is 0.806. The van der Waals surface area contributed by atoms with Crippen molar-refractivity contribution in [2.75, 3.05) is 37.6 Å². The van der Waals surface area contributed by atoms with Crippen molar-refractivity contribution in [3.8, 4) is 0 Å². The first-order chi connectivity index (χ1) is 7.70. The minimum atomic E-state index is 0.489. The summed E-state index contributed by atoms with van der Waals surface area (Å²) >= 11 is 1.74. The van der Waals surface area contributed by atoms with Crippen LogP contribution in [0.1, 0.15) is 31.7 Å². The summed E-state index contributed by atoms with van der Waals surface area (Å²) in [5.74, 6) is 0.489. The zero-order valence-electron chi connectivity index (χ0n) is 10.3. The van der Waals surface area contributed by atoms with Gasteiger partial charge in [0.05, 0.1) is 0 Å². The SMILES string of the molecule is CCN1CCN(c2nnc(C(C)C)s2)CC1. The molecule has 0 aromatic carbocycles. The van der Waals surface area contributed by atoms with E-state index in [2.05, 4.69) is 40.8 Å². The highest BCUT2D eigenvalue weighted by Gasteiger charge is 2.19. The Morgan fingerprint density at radius 2 is 1.88 bits per heavy atom. The summed E-state index contributed by atoms with van der Waals surface area (Å²) in [4.78, 5) is 4.83. The molecule has 2 rings (SSSR count). The number of hydrogen-bond acceptors (Lipinski definition) is 5. The van der Waals surface area contributed by atoms with Crippen molar-refractivity contribution in [2.24, 2.45) is 0 Å². The Balaban J connectivity index is 1.97. The van der Waals surface area contributed by atoms with E-state index in [1.54, 1.807) is 11.3 Å². The Bertz CT molecular complexity index is 328. The number of nitrogens with zero attached hydrogens (tertiary/aromatic N) is 4. The standard InChI is InChI=1S/C11H20N4S/c1-4-14-5-7-15(8-6-14)11-13-12-10(16-11)9(2)3/h9H,4-8H2,1-3H3. The molecular formula is C11H20N4S. The molecule has 1 aliphatic rings. The molecule has 1 saturated heterocycles. The molecule has 0 saturated carbocycles. The van der Waals surface area contributed by atoms with Crippen LogP contribution in [0.5, 0.6) is 0 Å². The summed E-state index contributed by atoms with van der Waals surface area (Å²) in [6.07, 6.45) is 0. The lowest BCUT2D eigenvalue weighted by molar-refractivity contribution is 0.271. The fourth-order valence-corrected chi connectivity index (χ4v) is 2.74. The monoisotopic (exact) mass is 240 g/mol. The number of anilines is 1. The van der Waals surface area contributed by atoms with E-state index in [0.29, 0.717) is 5.92 Å². The lowest BCUT2D eigenvalue weighted by Gasteiger charge is -2.33. The van der Waals surface area contributed by atoms with E-state index in [1.807, 2.05) is 0 Å². The zero-order chi connectivity index (χ0) is 11.5. The van der Waals surface area contributed by atoms with Gasteiger partial charge in [-0.15, -0.1) is 10.2 Å². The highest BCUT2D eigenvalue weighted by Crippen LogP contribution is 2.26. The van der Waals surface area contributed by atoms with Gasteiger partial charge in [-0.25, -0.2) is 0 Å². The van der Waals surface area contributed by atoms with Crippen LogP contribution in [0.3, 0.4) is 0 Å². The summed E-state index contributed by atoms with van der Waals surface area (Å²) in [5, 5.41) is 10.8. The molecule has 5 heteroatoms. The predicted molar refractivity (Wildman–Crippen MR) is 68.3 cm³/mol. The van der Waals surface area contributed by atoms with Crippen molar-refractivity contribution in [2.45, 2.75) is 26.7 Å². The van der Waals surface area contributed by atoms with Gasteiger partial charge in [-0.1, -0.05) is 32.1 Å². The molecule has 0 aliphatic carbocycles. The molecule has 1 aromatic heterocycles. The van der Waals surface area contributed by atoms with Crippen LogP contribution in [0.25, 0.3) is 0 Å². The molecule has 0 amide bonds. The van der Waals surface area contributed by atoms with Crippen molar-refractivity contribution in [3.05, 3.63) is 5.01 Å². The van der Waals surface area contributed by atoms with Gasteiger partial charge in [-0.05, 0) is 6.54 Å². The molecule has 4 nitrogen and oxygen atoms in total. The summed E-state index contributed by atoms with van der Waals surface area (Å²) in [6.45, 7) is 12.2. The zero-order valence-corrected chi connectivity index (χ0v) is 11.1. The van der Waals surface area contributed by atoms with Crippen LogP contribution in [0.15, 0.2) is 0 Å². The predicted octanol–water partition coefficient (Wildman–Crippen LogP) is 1.80. The summed E-state index contributed by atoms with van der Waals surface area (Å²) in [5.41, 5.74) is 0. The van der Waals surface area contributed by atoms with Crippen LogP contribution in [0.2, 0.25) is 0 Å². The second kappa shape index (κ2) is 5.10. The Labute approximate surface area is 101 Å². The average molecular weight is 240 g/mol. The Kier molecular flexibility index (Phi) is 3.76. The van der Waals surface area contributed by atoms with E-state index in [-0.39, 0.29) is 0 Å². The number of hydrogen-bond donors (Lipinski definition) is 0. The molecule has 16 heavy (non-hydrogen) atoms. The molecule has 2 heterocycles. The number of likely N-dealkylation sites (N-methyl/N-ethyl adjacent to an activating group) is 1. The van der Waals surface area contributed by atoms with Crippen molar-refractivity contribution in [3.63, 3.8) is 0 Å². The molecule has 0 spiro atoms. The highest BCUT2D eigenvalue weighted by molar-refractivity contribution is 7.15.